The first-order valence-electron chi connectivity index (χ1n) is 11.6. The Morgan fingerprint density at radius 1 is 1.34 bits per heavy atom. The lowest BCUT2D eigenvalue weighted by atomic mass is 9.93. The molecule has 1 unspecified atom stereocenters. The highest BCUT2D eigenvalue weighted by Gasteiger charge is 2.32. The lowest BCUT2D eigenvalue weighted by Gasteiger charge is -2.37. The molecule has 32 heavy (non-hydrogen) atoms. The number of amides is 1. The van der Waals surface area contributed by atoms with Crippen LogP contribution in [0.4, 0.5) is 5.69 Å². The molecule has 0 N–H and O–H groups in total. The third-order valence-electron chi connectivity index (χ3n) is 6.52. The minimum Gasteiger partial charge on any atom is -0.360 e. The minimum absolute atomic E-state index is 0.0277. The molecule has 2 heterocycles. The van der Waals surface area contributed by atoms with Crippen LogP contribution in [0.5, 0.6) is 0 Å². The lowest BCUT2D eigenvalue weighted by Crippen LogP contribution is -2.46. The fraction of sp³-hybridized carbons (Fsp3) is 0.500. The van der Waals surface area contributed by atoms with Gasteiger partial charge in [-0.25, -0.2) is 4.99 Å². The van der Waals surface area contributed by atoms with Gasteiger partial charge in [0, 0.05) is 54.0 Å². The molecule has 0 aliphatic carbocycles. The SMILES string of the molecule is C=C(C#N)/C=C\N=C(C(C)CC)N1CCC(C(=O)N2CCCCc3cc(Cl)ccc32)CC1. The number of carbonyl (C=O) groups is 1. The monoisotopic (exact) mass is 452 g/mol. The van der Waals surface area contributed by atoms with Gasteiger partial charge in [0.1, 0.15) is 5.84 Å². The summed E-state index contributed by atoms with van der Waals surface area (Å²) in [6, 6.07) is 7.91. The van der Waals surface area contributed by atoms with Gasteiger partial charge in [-0.05, 0) is 68.4 Å². The number of hydrogen-bond acceptors (Lipinski definition) is 3. The number of hydrogen-bond donors (Lipinski definition) is 0. The second-order valence-corrected chi connectivity index (χ2v) is 9.17. The summed E-state index contributed by atoms with van der Waals surface area (Å²) in [5, 5.41) is 9.62. The molecule has 1 saturated heterocycles. The Bertz CT molecular complexity index is 938. The third-order valence-corrected chi connectivity index (χ3v) is 6.76. The fourth-order valence-corrected chi connectivity index (χ4v) is 4.67. The molecule has 0 bridgehead atoms. The van der Waals surface area contributed by atoms with Gasteiger partial charge in [0.05, 0.1) is 6.07 Å². The number of amidine groups is 1. The molecule has 1 aromatic carbocycles. The van der Waals surface area contributed by atoms with Gasteiger partial charge in [-0.3, -0.25) is 4.79 Å². The zero-order chi connectivity index (χ0) is 23.1. The highest BCUT2D eigenvalue weighted by molar-refractivity contribution is 6.30. The van der Waals surface area contributed by atoms with E-state index in [2.05, 4.69) is 30.3 Å². The van der Waals surface area contributed by atoms with E-state index in [1.54, 1.807) is 12.3 Å². The zero-order valence-corrected chi connectivity index (χ0v) is 19.9. The van der Waals surface area contributed by atoms with Crippen LogP contribution in [0.25, 0.3) is 0 Å². The van der Waals surface area contributed by atoms with E-state index in [1.807, 2.05) is 29.2 Å². The summed E-state index contributed by atoms with van der Waals surface area (Å²) >= 11 is 6.21. The van der Waals surface area contributed by atoms with Crippen molar-refractivity contribution in [2.24, 2.45) is 16.8 Å². The van der Waals surface area contributed by atoms with Crippen molar-refractivity contribution in [1.29, 1.82) is 5.26 Å². The van der Waals surface area contributed by atoms with Gasteiger partial charge in [-0.2, -0.15) is 5.26 Å². The van der Waals surface area contributed by atoms with Crippen LogP contribution in [0.15, 0.2) is 47.6 Å². The van der Waals surface area contributed by atoms with Gasteiger partial charge >= 0.3 is 0 Å². The van der Waals surface area contributed by atoms with Gasteiger partial charge in [0.15, 0.2) is 0 Å². The molecule has 1 amide bonds. The molecule has 2 aliphatic heterocycles. The van der Waals surface area contributed by atoms with Crippen molar-refractivity contribution in [1.82, 2.24) is 4.90 Å². The van der Waals surface area contributed by atoms with Gasteiger partial charge in [0.2, 0.25) is 5.91 Å². The van der Waals surface area contributed by atoms with E-state index in [-0.39, 0.29) is 11.8 Å². The Labute approximate surface area is 197 Å². The Balaban J connectivity index is 1.70. The molecule has 1 aromatic rings. The van der Waals surface area contributed by atoms with Gasteiger partial charge in [-0.1, -0.05) is 32.0 Å². The number of allylic oxidation sites excluding steroid dienone is 2. The van der Waals surface area contributed by atoms with Crippen LogP contribution >= 0.6 is 11.6 Å². The number of likely N-dealkylation sites (tertiary alicyclic amines) is 1. The van der Waals surface area contributed by atoms with Crippen molar-refractivity contribution in [2.75, 3.05) is 24.5 Å². The maximum atomic E-state index is 13.5. The molecule has 1 atom stereocenters. The number of rotatable bonds is 5. The van der Waals surface area contributed by atoms with Crippen molar-refractivity contribution < 1.29 is 4.79 Å². The molecule has 0 aromatic heterocycles. The number of halogens is 1. The summed E-state index contributed by atoms with van der Waals surface area (Å²) in [6.07, 6.45) is 9.00. The van der Waals surface area contributed by atoms with Crippen molar-refractivity contribution in [2.45, 2.75) is 52.4 Å². The van der Waals surface area contributed by atoms with Crippen LogP contribution in [-0.4, -0.2) is 36.3 Å². The Hall–Kier alpha value is -2.58. The van der Waals surface area contributed by atoms with E-state index < -0.39 is 0 Å². The zero-order valence-electron chi connectivity index (χ0n) is 19.2. The standard InChI is InChI=1S/C26H33ClN4O/c1-4-20(3)25(29-13-10-19(2)18-28)30-15-11-21(12-16-30)26(32)31-14-6-5-7-22-17-23(27)8-9-24(22)31/h8-10,13,17,20-21H,2,4-7,11-12,14-16H2,1,3H3/b13-10-,29-25?. The molecule has 2 aliphatic rings. The number of aryl methyl sites for hydroxylation is 1. The summed E-state index contributed by atoms with van der Waals surface area (Å²) in [6.45, 7) is 10.4. The Kier molecular flexibility index (Phi) is 8.53. The molecular weight excluding hydrogens is 420 g/mol. The highest BCUT2D eigenvalue weighted by Crippen LogP contribution is 2.32. The molecule has 1 fully saturated rings. The third kappa shape index (κ3) is 5.81. The second-order valence-electron chi connectivity index (χ2n) is 8.73. The summed E-state index contributed by atoms with van der Waals surface area (Å²) in [4.78, 5) is 22.4. The number of piperidine rings is 1. The van der Waals surface area contributed by atoms with Crippen LogP contribution in [-0.2, 0) is 11.2 Å². The molecule has 0 radical (unpaired) electrons. The summed E-state index contributed by atoms with van der Waals surface area (Å²) < 4.78 is 0. The highest BCUT2D eigenvalue weighted by atomic mass is 35.5. The van der Waals surface area contributed by atoms with Crippen LogP contribution in [0.1, 0.15) is 51.5 Å². The van der Waals surface area contributed by atoms with E-state index in [0.29, 0.717) is 11.5 Å². The molecule has 3 rings (SSSR count). The first-order chi connectivity index (χ1) is 15.4. The number of benzene rings is 1. The molecular formula is C26H33ClN4O. The summed E-state index contributed by atoms with van der Waals surface area (Å²) in [7, 11) is 0. The Morgan fingerprint density at radius 2 is 2.09 bits per heavy atom. The van der Waals surface area contributed by atoms with Crippen molar-refractivity contribution in [3.8, 4) is 6.07 Å². The van der Waals surface area contributed by atoms with Crippen LogP contribution in [0.3, 0.4) is 0 Å². The van der Waals surface area contributed by atoms with E-state index in [4.69, 9.17) is 16.9 Å². The summed E-state index contributed by atoms with van der Waals surface area (Å²) in [5.41, 5.74) is 2.60. The molecule has 170 valence electrons. The van der Waals surface area contributed by atoms with E-state index in [0.717, 1.165) is 74.7 Å². The maximum absolute atomic E-state index is 13.5. The number of aliphatic imine (C=N–C) groups is 1. The average Bonchev–Trinajstić information content (AvgIpc) is 3.02. The molecule has 6 heteroatoms. The number of anilines is 1. The quantitative estimate of drug-likeness (QED) is 0.247. The number of nitriles is 1. The van der Waals surface area contributed by atoms with Crippen LogP contribution in [0, 0.1) is 23.2 Å². The number of fused-ring (bicyclic) bond motifs is 1. The van der Waals surface area contributed by atoms with Gasteiger partial charge < -0.3 is 9.80 Å². The lowest BCUT2D eigenvalue weighted by molar-refractivity contribution is -0.123. The molecule has 0 saturated carbocycles. The predicted octanol–water partition coefficient (Wildman–Crippen LogP) is 5.76. The maximum Gasteiger partial charge on any atom is 0.230 e. The number of nitrogens with zero attached hydrogens (tertiary/aromatic N) is 4. The fourth-order valence-electron chi connectivity index (χ4n) is 4.47. The second kappa shape index (κ2) is 11.3. The van der Waals surface area contributed by atoms with Crippen molar-refractivity contribution >= 4 is 29.0 Å². The summed E-state index contributed by atoms with van der Waals surface area (Å²) in [5.74, 6) is 1.60. The van der Waals surface area contributed by atoms with E-state index in [1.165, 1.54) is 5.56 Å². The topological polar surface area (TPSA) is 59.7 Å². The predicted molar refractivity (Wildman–Crippen MR) is 132 cm³/mol. The smallest absolute Gasteiger partial charge is 0.230 e. The molecule has 5 nitrogen and oxygen atoms in total. The van der Waals surface area contributed by atoms with Crippen LogP contribution < -0.4 is 4.90 Å². The normalized spacial score (nSPS) is 18.8. The van der Waals surface area contributed by atoms with Crippen molar-refractivity contribution in [3.05, 3.63) is 53.2 Å². The number of carbonyl (C=O) groups excluding carboxylic acids is 1. The van der Waals surface area contributed by atoms with Gasteiger partial charge in [0.25, 0.3) is 0 Å². The first-order valence-corrected chi connectivity index (χ1v) is 12.0. The first kappa shape index (κ1) is 24.1. The van der Waals surface area contributed by atoms with Crippen molar-refractivity contribution in [3.63, 3.8) is 0 Å². The van der Waals surface area contributed by atoms with E-state index in [9.17, 15) is 4.79 Å². The van der Waals surface area contributed by atoms with Crippen LogP contribution in [0.2, 0.25) is 5.02 Å². The minimum atomic E-state index is 0.0277. The Morgan fingerprint density at radius 3 is 2.78 bits per heavy atom. The average molecular weight is 453 g/mol. The molecule has 0 spiro atoms. The van der Waals surface area contributed by atoms with E-state index >= 15 is 0 Å². The van der Waals surface area contributed by atoms with Gasteiger partial charge in [-0.15, -0.1) is 0 Å². The largest absolute Gasteiger partial charge is 0.360 e.